The molecule has 0 radical (unpaired) electrons. The Hall–Kier alpha value is -8.47. The Morgan fingerprint density at radius 3 is 1.52 bits per heavy atom. The third-order valence-electron chi connectivity index (χ3n) is 12.2. The van der Waals surface area contributed by atoms with Gasteiger partial charge in [-0.05, 0) is 76.2 Å². The van der Waals surface area contributed by atoms with Gasteiger partial charge in [0.2, 0.25) is 0 Å². The molecule has 0 amide bonds. The Kier molecular flexibility index (Phi) is 8.79. The smallest absolute Gasteiger partial charge is 0.160 e. The number of benzene rings is 9. The summed E-state index contributed by atoms with van der Waals surface area (Å²) in [5.41, 5.74) is 15.8. The lowest BCUT2D eigenvalue weighted by Gasteiger charge is -2.12. The van der Waals surface area contributed by atoms with E-state index in [1.165, 1.54) is 16.2 Å². The average Bonchev–Trinajstić information content (AvgIpc) is 3.69. The summed E-state index contributed by atoms with van der Waals surface area (Å²) in [4.78, 5) is 15.8. The van der Waals surface area contributed by atoms with Crippen molar-refractivity contribution in [1.82, 2.24) is 19.5 Å². The summed E-state index contributed by atoms with van der Waals surface area (Å²) in [5, 5.41) is 5.82. The van der Waals surface area contributed by atoms with Gasteiger partial charge in [-0.3, -0.25) is 0 Å². The summed E-state index contributed by atoms with van der Waals surface area (Å²) in [7, 11) is 0. The first-order chi connectivity index (χ1) is 31.2. The van der Waals surface area contributed by atoms with Crippen LogP contribution in [0.15, 0.2) is 231 Å². The van der Waals surface area contributed by atoms with Gasteiger partial charge in [0.1, 0.15) is 0 Å². The maximum atomic E-state index is 5.37. The molecule has 0 aliphatic heterocycles. The Balaban J connectivity index is 1.02. The van der Waals surface area contributed by atoms with Gasteiger partial charge < -0.3 is 4.57 Å². The van der Waals surface area contributed by atoms with Crippen LogP contribution in [-0.2, 0) is 0 Å². The quantitative estimate of drug-likeness (QED) is 0.151. The van der Waals surface area contributed by atoms with Crippen molar-refractivity contribution < 1.29 is 0 Å². The van der Waals surface area contributed by atoms with Crippen molar-refractivity contribution in [2.24, 2.45) is 0 Å². The van der Waals surface area contributed by atoms with E-state index in [1.807, 2.05) is 12.1 Å². The summed E-state index contributed by atoms with van der Waals surface area (Å²) in [6, 6.07) is 81.5. The van der Waals surface area contributed by atoms with Gasteiger partial charge in [-0.25, -0.2) is 15.0 Å². The molecule has 4 heteroatoms. The van der Waals surface area contributed by atoms with Crippen molar-refractivity contribution in [3.8, 4) is 73.1 Å². The molecule has 3 aromatic heterocycles. The highest BCUT2D eigenvalue weighted by Crippen LogP contribution is 2.40. The predicted octanol–water partition coefficient (Wildman–Crippen LogP) is 15.3. The van der Waals surface area contributed by atoms with Crippen LogP contribution in [0.4, 0.5) is 0 Å². The zero-order chi connectivity index (χ0) is 41.7. The first-order valence-electron chi connectivity index (χ1n) is 21.3. The van der Waals surface area contributed by atoms with Gasteiger partial charge in [-0.2, -0.15) is 0 Å². The molecule has 0 atom stereocenters. The third-order valence-corrected chi connectivity index (χ3v) is 12.2. The molecule has 0 aliphatic rings. The van der Waals surface area contributed by atoms with Gasteiger partial charge in [0.25, 0.3) is 0 Å². The number of rotatable bonds is 7. The summed E-state index contributed by atoms with van der Waals surface area (Å²) in [6.07, 6.45) is 0. The normalized spacial score (nSPS) is 11.5. The van der Waals surface area contributed by atoms with E-state index in [0.717, 1.165) is 94.6 Å². The zero-order valence-electron chi connectivity index (χ0n) is 34.2. The van der Waals surface area contributed by atoms with E-state index < -0.39 is 0 Å². The van der Waals surface area contributed by atoms with Crippen molar-refractivity contribution >= 4 is 43.5 Å². The van der Waals surface area contributed by atoms with E-state index in [0.29, 0.717) is 5.82 Å². The summed E-state index contributed by atoms with van der Waals surface area (Å²) in [5.74, 6) is 0.689. The van der Waals surface area contributed by atoms with Crippen LogP contribution in [-0.4, -0.2) is 19.5 Å². The van der Waals surface area contributed by atoms with Crippen LogP contribution < -0.4 is 0 Å². The molecule has 294 valence electrons. The largest absolute Gasteiger partial charge is 0.309 e. The number of para-hydroxylation sites is 1. The maximum absolute atomic E-state index is 5.37. The van der Waals surface area contributed by atoms with E-state index >= 15 is 0 Å². The molecule has 4 nitrogen and oxygen atoms in total. The SMILES string of the molecule is c1ccc(-c2cccc(-c3nc(-c4ccccc4)cc(-c4cccc(-c5ccc6c7cc8nc(-c9ccccc9)c9ccccc9c8cc7n(-c7ccccc7)c6c5)c4)n3)c2)cc1. The van der Waals surface area contributed by atoms with E-state index in [9.17, 15) is 0 Å². The Morgan fingerprint density at radius 1 is 0.270 bits per heavy atom. The lowest BCUT2D eigenvalue weighted by atomic mass is 9.98. The first kappa shape index (κ1) is 36.4. The van der Waals surface area contributed by atoms with Crippen LogP contribution in [0.2, 0.25) is 0 Å². The number of aromatic nitrogens is 4. The van der Waals surface area contributed by atoms with Gasteiger partial charge in [-0.1, -0.05) is 182 Å². The highest BCUT2D eigenvalue weighted by Gasteiger charge is 2.19. The third kappa shape index (κ3) is 6.53. The summed E-state index contributed by atoms with van der Waals surface area (Å²) < 4.78 is 2.41. The van der Waals surface area contributed by atoms with Crippen molar-refractivity contribution in [2.45, 2.75) is 0 Å². The molecule has 0 saturated heterocycles. The molecule has 9 aromatic carbocycles. The molecule has 0 bridgehead atoms. The first-order valence-corrected chi connectivity index (χ1v) is 21.3. The minimum absolute atomic E-state index is 0.689. The number of fused-ring (bicyclic) bond motifs is 6. The van der Waals surface area contributed by atoms with Crippen LogP contribution in [0.25, 0.3) is 117 Å². The molecule has 63 heavy (non-hydrogen) atoms. The van der Waals surface area contributed by atoms with Gasteiger partial charge in [0, 0.05) is 49.5 Å². The van der Waals surface area contributed by atoms with Crippen molar-refractivity contribution in [3.05, 3.63) is 231 Å². The number of hydrogen-bond acceptors (Lipinski definition) is 3. The predicted molar refractivity (Wildman–Crippen MR) is 262 cm³/mol. The van der Waals surface area contributed by atoms with E-state index in [-0.39, 0.29) is 0 Å². The van der Waals surface area contributed by atoms with Crippen LogP contribution in [0, 0.1) is 0 Å². The molecular weight excluding hydrogens is 765 g/mol. The van der Waals surface area contributed by atoms with E-state index in [4.69, 9.17) is 15.0 Å². The molecule has 0 saturated carbocycles. The standard InChI is InChI=1S/C59H38N4/c1-5-17-39(18-6-1)42-23-16-26-46(34-42)59-61-53(40-19-7-2-8-20-40)38-54(62-59)45-25-15-24-43(33-45)44-31-32-49-52-36-55-51(37-57(52)63(56(49)35-44)47-27-11-4-12-28-47)48-29-13-14-30-50(48)58(60-55)41-21-9-3-10-22-41/h1-38H. The Morgan fingerprint density at radius 2 is 0.794 bits per heavy atom. The molecule has 0 unspecified atom stereocenters. The maximum Gasteiger partial charge on any atom is 0.160 e. The molecular formula is C59H38N4. The fourth-order valence-electron chi connectivity index (χ4n) is 9.12. The number of hydrogen-bond donors (Lipinski definition) is 0. The van der Waals surface area contributed by atoms with Crippen LogP contribution >= 0.6 is 0 Å². The fourth-order valence-corrected chi connectivity index (χ4v) is 9.12. The molecule has 0 spiro atoms. The molecule has 12 rings (SSSR count). The van der Waals surface area contributed by atoms with Gasteiger partial charge in [0.05, 0.1) is 33.6 Å². The molecule has 0 aliphatic carbocycles. The van der Waals surface area contributed by atoms with E-state index in [2.05, 4.69) is 223 Å². The van der Waals surface area contributed by atoms with Crippen molar-refractivity contribution in [2.75, 3.05) is 0 Å². The number of pyridine rings is 1. The second-order valence-corrected chi connectivity index (χ2v) is 16.0. The highest BCUT2D eigenvalue weighted by molar-refractivity contribution is 6.19. The second-order valence-electron chi connectivity index (χ2n) is 16.0. The average molecular weight is 803 g/mol. The van der Waals surface area contributed by atoms with Crippen LogP contribution in [0.1, 0.15) is 0 Å². The monoisotopic (exact) mass is 802 g/mol. The minimum atomic E-state index is 0.689. The fraction of sp³-hybridized carbons (Fsp3) is 0. The zero-order valence-corrected chi connectivity index (χ0v) is 34.2. The summed E-state index contributed by atoms with van der Waals surface area (Å²) in [6.45, 7) is 0. The van der Waals surface area contributed by atoms with E-state index in [1.54, 1.807) is 0 Å². The Labute approximate surface area is 365 Å². The van der Waals surface area contributed by atoms with Crippen molar-refractivity contribution in [1.29, 1.82) is 0 Å². The minimum Gasteiger partial charge on any atom is -0.309 e. The van der Waals surface area contributed by atoms with Gasteiger partial charge in [-0.15, -0.1) is 0 Å². The topological polar surface area (TPSA) is 43.6 Å². The van der Waals surface area contributed by atoms with Gasteiger partial charge in [0.15, 0.2) is 5.82 Å². The van der Waals surface area contributed by atoms with Crippen molar-refractivity contribution in [3.63, 3.8) is 0 Å². The second kappa shape index (κ2) is 15.2. The van der Waals surface area contributed by atoms with Crippen LogP contribution in [0.5, 0.6) is 0 Å². The molecule has 0 N–H and O–H groups in total. The Bertz CT molecular complexity index is 3650. The summed E-state index contributed by atoms with van der Waals surface area (Å²) >= 11 is 0. The molecule has 12 aromatic rings. The highest BCUT2D eigenvalue weighted by atomic mass is 15.0. The lowest BCUT2D eigenvalue weighted by molar-refractivity contribution is 1.18. The van der Waals surface area contributed by atoms with Crippen LogP contribution in [0.3, 0.4) is 0 Å². The number of nitrogens with zero attached hydrogens (tertiary/aromatic N) is 4. The van der Waals surface area contributed by atoms with Gasteiger partial charge >= 0.3 is 0 Å². The lowest BCUT2D eigenvalue weighted by Crippen LogP contribution is -1.96. The molecule has 3 heterocycles. The molecule has 0 fully saturated rings.